The van der Waals surface area contributed by atoms with E-state index >= 15 is 0 Å². The molecule has 1 unspecified atom stereocenters. The van der Waals surface area contributed by atoms with Gasteiger partial charge >= 0.3 is 0 Å². The van der Waals surface area contributed by atoms with E-state index in [1.54, 1.807) is 0 Å². The molecule has 3 heterocycles. The van der Waals surface area contributed by atoms with Crippen molar-refractivity contribution in [3.63, 3.8) is 0 Å². The highest BCUT2D eigenvalue weighted by molar-refractivity contribution is 7.10. The van der Waals surface area contributed by atoms with Crippen LogP contribution >= 0.6 is 22.7 Å². The Bertz CT molecular complexity index is 551. The summed E-state index contributed by atoms with van der Waals surface area (Å²) < 4.78 is 0. The van der Waals surface area contributed by atoms with Crippen molar-refractivity contribution in [2.75, 3.05) is 13.1 Å². The minimum absolute atomic E-state index is 0.369. The molecular weight excluding hydrogens is 260 g/mol. The molecule has 0 aromatic carbocycles. The van der Waals surface area contributed by atoms with Crippen LogP contribution in [0.4, 0.5) is 0 Å². The van der Waals surface area contributed by atoms with Crippen LogP contribution in [0.5, 0.6) is 0 Å². The molecule has 1 aliphatic rings. The van der Waals surface area contributed by atoms with Gasteiger partial charge in [-0.05, 0) is 34.9 Å². The van der Waals surface area contributed by atoms with E-state index in [0.29, 0.717) is 12.5 Å². The third kappa shape index (κ3) is 2.10. The molecule has 3 rings (SSSR count). The van der Waals surface area contributed by atoms with Crippen molar-refractivity contribution in [2.45, 2.75) is 18.9 Å². The van der Waals surface area contributed by atoms with E-state index < -0.39 is 0 Å². The van der Waals surface area contributed by atoms with Crippen molar-refractivity contribution in [1.29, 1.82) is 5.26 Å². The Morgan fingerprint density at radius 1 is 1.33 bits per heavy atom. The number of hydrogen-bond donors (Lipinski definition) is 0. The van der Waals surface area contributed by atoms with Crippen molar-refractivity contribution in [3.8, 4) is 6.07 Å². The zero-order valence-corrected chi connectivity index (χ0v) is 11.6. The first-order valence-corrected chi connectivity index (χ1v) is 7.87. The first-order valence-electron chi connectivity index (χ1n) is 6.11. The number of nitriles is 1. The SMILES string of the molecule is N#CCCN1CCc2sccc2C1c1cccs1. The molecule has 0 spiro atoms. The minimum Gasteiger partial charge on any atom is -0.290 e. The van der Waals surface area contributed by atoms with Crippen LogP contribution in [-0.4, -0.2) is 18.0 Å². The van der Waals surface area contributed by atoms with Crippen molar-refractivity contribution in [2.24, 2.45) is 0 Å². The summed E-state index contributed by atoms with van der Waals surface area (Å²) in [6, 6.07) is 9.21. The van der Waals surface area contributed by atoms with Gasteiger partial charge in [-0.2, -0.15) is 5.26 Å². The highest BCUT2D eigenvalue weighted by Gasteiger charge is 2.29. The molecule has 0 fully saturated rings. The molecule has 1 atom stereocenters. The largest absolute Gasteiger partial charge is 0.290 e. The van der Waals surface area contributed by atoms with E-state index in [2.05, 4.69) is 39.9 Å². The highest BCUT2D eigenvalue weighted by atomic mass is 32.1. The Labute approximate surface area is 115 Å². The van der Waals surface area contributed by atoms with Gasteiger partial charge in [0.05, 0.1) is 12.1 Å². The van der Waals surface area contributed by atoms with Crippen molar-refractivity contribution in [3.05, 3.63) is 44.3 Å². The number of nitrogens with zero attached hydrogens (tertiary/aromatic N) is 2. The summed E-state index contributed by atoms with van der Waals surface area (Å²) in [5.74, 6) is 0. The first kappa shape index (κ1) is 11.9. The van der Waals surface area contributed by atoms with Gasteiger partial charge in [-0.25, -0.2) is 0 Å². The Kier molecular flexibility index (Phi) is 3.46. The second-order valence-electron chi connectivity index (χ2n) is 4.41. The van der Waals surface area contributed by atoms with Gasteiger partial charge in [-0.15, -0.1) is 22.7 Å². The van der Waals surface area contributed by atoms with Crippen LogP contribution in [0.3, 0.4) is 0 Å². The summed E-state index contributed by atoms with van der Waals surface area (Å²) in [7, 11) is 0. The zero-order chi connectivity index (χ0) is 12.4. The average molecular weight is 274 g/mol. The summed E-state index contributed by atoms with van der Waals surface area (Å²) in [5, 5.41) is 13.1. The molecule has 92 valence electrons. The van der Waals surface area contributed by atoms with Crippen molar-refractivity contribution in [1.82, 2.24) is 4.90 Å². The smallest absolute Gasteiger partial charge is 0.0707 e. The average Bonchev–Trinajstić information content (AvgIpc) is 3.06. The number of rotatable bonds is 3. The standard InChI is InChI=1S/C14H14N2S2/c15-6-2-7-16-8-4-12-11(5-10-18-12)14(16)13-3-1-9-17-13/h1,3,5,9-10,14H,2,4,7-8H2. The zero-order valence-electron chi connectivity index (χ0n) is 10.0. The molecule has 0 amide bonds. The normalized spacial score (nSPS) is 19.4. The highest BCUT2D eigenvalue weighted by Crippen LogP contribution is 2.39. The molecule has 2 aromatic rings. The van der Waals surface area contributed by atoms with E-state index in [9.17, 15) is 0 Å². The lowest BCUT2D eigenvalue weighted by atomic mass is 9.98. The van der Waals surface area contributed by atoms with Gasteiger partial charge in [0, 0.05) is 29.3 Å². The van der Waals surface area contributed by atoms with Gasteiger partial charge in [0.15, 0.2) is 0 Å². The van der Waals surface area contributed by atoms with Crippen LogP contribution < -0.4 is 0 Å². The van der Waals surface area contributed by atoms with E-state index in [0.717, 1.165) is 19.5 Å². The molecule has 1 aliphatic heterocycles. The van der Waals surface area contributed by atoms with Gasteiger partial charge in [-0.1, -0.05) is 6.07 Å². The van der Waals surface area contributed by atoms with Gasteiger partial charge in [0.1, 0.15) is 0 Å². The molecule has 0 bridgehead atoms. The van der Waals surface area contributed by atoms with E-state index in [4.69, 9.17) is 5.26 Å². The predicted molar refractivity (Wildman–Crippen MR) is 76.0 cm³/mol. The van der Waals surface area contributed by atoms with Crippen LogP contribution in [-0.2, 0) is 6.42 Å². The summed E-state index contributed by atoms with van der Waals surface area (Å²) in [6.45, 7) is 1.94. The van der Waals surface area contributed by atoms with Gasteiger partial charge in [0.25, 0.3) is 0 Å². The Balaban J connectivity index is 1.95. The molecule has 0 N–H and O–H groups in total. The molecular formula is C14H14N2S2. The molecule has 0 aliphatic carbocycles. The lowest BCUT2D eigenvalue weighted by Crippen LogP contribution is -2.35. The summed E-state index contributed by atoms with van der Waals surface area (Å²) >= 11 is 3.68. The van der Waals surface area contributed by atoms with Crippen LogP contribution in [0.2, 0.25) is 0 Å². The van der Waals surface area contributed by atoms with E-state index in [1.807, 2.05) is 22.7 Å². The monoisotopic (exact) mass is 274 g/mol. The number of fused-ring (bicyclic) bond motifs is 1. The summed E-state index contributed by atoms with van der Waals surface area (Å²) in [5.41, 5.74) is 1.45. The lowest BCUT2D eigenvalue weighted by molar-refractivity contribution is 0.223. The fourth-order valence-electron chi connectivity index (χ4n) is 2.58. The van der Waals surface area contributed by atoms with E-state index in [-0.39, 0.29) is 0 Å². The lowest BCUT2D eigenvalue weighted by Gasteiger charge is -2.34. The quantitative estimate of drug-likeness (QED) is 0.854. The van der Waals surface area contributed by atoms with Crippen LogP contribution in [0.25, 0.3) is 0 Å². The van der Waals surface area contributed by atoms with Gasteiger partial charge in [0.2, 0.25) is 0 Å². The van der Waals surface area contributed by atoms with E-state index in [1.165, 1.54) is 15.3 Å². The molecule has 2 nitrogen and oxygen atoms in total. The molecule has 0 radical (unpaired) electrons. The first-order chi connectivity index (χ1) is 8.90. The Morgan fingerprint density at radius 3 is 3.06 bits per heavy atom. The topological polar surface area (TPSA) is 27.0 Å². The fraction of sp³-hybridized carbons (Fsp3) is 0.357. The maximum Gasteiger partial charge on any atom is 0.0707 e. The Morgan fingerprint density at radius 2 is 2.28 bits per heavy atom. The van der Waals surface area contributed by atoms with Crippen molar-refractivity contribution < 1.29 is 0 Å². The molecule has 18 heavy (non-hydrogen) atoms. The minimum atomic E-state index is 0.369. The maximum absolute atomic E-state index is 8.80. The second-order valence-corrected chi connectivity index (χ2v) is 6.39. The number of hydrogen-bond acceptors (Lipinski definition) is 4. The number of thiophene rings is 2. The summed E-state index contributed by atoms with van der Waals surface area (Å²) in [4.78, 5) is 5.36. The third-order valence-corrected chi connectivity index (χ3v) is 5.31. The molecule has 2 aromatic heterocycles. The Hall–Kier alpha value is -1.15. The van der Waals surface area contributed by atoms with Gasteiger partial charge < -0.3 is 0 Å². The summed E-state index contributed by atoms with van der Waals surface area (Å²) in [6.07, 6.45) is 1.74. The fourth-order valence-corrected chi connectivity index (χ4v) is 4.36. The van der Waals surface area contributed by atoms with Crippen LogP contribution in [0.1, 0.15) is 27.8 Å². The van der Waals surface area contributed by atoms with Crippen LogP contribution in [0.15, 0.2) is 29.0 Å². The van der Waals surface area contributed by atoms with Crippen LogP contribution in [0, 0.1) is 11.3 Å². The van der Waals surface area contributed by atoms with Gasteiger partial charge in [-0.3, -0.25) is 4.90 Å². The second kappa shape index (κ2) is 5.23. The predicted octanol–water partition coefficient (Wildman–Crippen LogP) is 3.67. The molecule has 0 saturated carbocycles. The van der Waals surface area contributed by atoms with Crippen molar-refractivity contribution >= 4 is 22.7 Å². The molecule has 0 saturated heterocycles. The molecule has 4 heteroatoms. The third-order valence-electron chi connectivity index (χ3n) is 3.39. The maximum atomic E-state index is 8.80.